The molecule has 4 amide bonds. The van der Waals surface area contributed by atoms with E-state index >= 15 is 4.57 Å². The van der Waals surface area contributed by atoms with Gasteiger partial charge in [-0.2, -0.15) is 10.2 Å². The first-order valence-electron chi connectivity index (χ1n) is 35.1. The maximum absolute atomic E-state index is 15.4. The van der Waals surface area contributed by atoms with E-state index in [1.54, 1.807) is 63.9 Å². The van der Waals surface area contributed by atoms with Gasteiger partial charge in [0.1, 0.15) is 60.5 Å². The average molecular weight is 1470 g/mol. The Morgan fingerprint density at radius 1 is 0.748 bits per heavy atom. The second-order valence-corrected chi connectivity index (χ2v) is 27.3. The highest BCUT2D eigenvalue weighted by Gasteiger charge is 2.47. The number of carbonyl (C=O) groups excluding carboxylic acids is 4. The largest absolute Gasteiger partial charge is 0.497 e. The Morgan fingerprint density at radius 3 is 2.04 bits per heavy atom. The summed E-state index contributed by atoms with van der Waals surface area (Å²) >= 11 is 0. The van der Waals surface area contributed by atoms with Gasteiger partial charge < -0.3 is 49.3 Å². The van der Waals surface area contributed by atoms with Crippen molar-refractivity contribution in [3.05, 3.63) is 262 Å². The van der Waals surface area contributed by atoms with E-state index in [1.807, 2.05) is 140 Å². The van der Waals surface area contributed by atoms with Gasteiger partial charge in [-0.05, 0) is 112 Å². The number of phosphoric ester groups is 1. The molecule has 27 heteroatoms. The number of hydrogen-bond donors (Lipinski definition) is 3. The molecule has 0 spiro atoms. The summed E-state index contributed by atoms with van der Waals surface area (Å²) in [6.45, 7) is 3.09. The Bertz CT molecular complexity index is 4780. The number of carbonyl (C=O) groups is 4. The number of benzene rings is 7. The summed E-state index contributed by atoms with van der Waals surface area (Å²) in [5.41, 5.74) is 6.99. The van der Waals surface area contributed by atoms with Crippen LogP contribution in [0.4, 0.5) is 16.4 Å². The van der Waals surface area contributed by atoms with Gasteiger partial charge in [-0.25, -0.2) is 29.1 Å². The zero-order chi connectivity index (χ0) is 74.9. The third-order valence-corrected chi connectivity index (χ3v) is 20.0. The molecule has 10 aromatic rings. The van der Waals surface area contributed by atoms with E-state index in [-0.39, 0.29) is 99.6 Å². The first-order valence-corrected chi connectivity index (χ1v) is 36.6. The number of imidazole rings is 1. The SMILES string of the molecule is CC[C@@H](O[C@@H](C)COP(=O)(OCCC#N)OC1C[C@H](n2cnc3c(NC(=O)c4ccc(CNC(=O)Cc5ccccc5)cc4)ncnc32)O[C@@H]1COC(c1ccccc1)(c1ccc(OC)cc1)c1ccc(OC)cc1)n1ccc(NC(=O)CCCN(C)C(=O)OCC2c3ccccc3-c3ccccc32)nc1=O. The Kier molecular flexibility index (Phi) is 24.8. The number of aromatic nitrogens is 6. The van der Waals surface area contributed by atoms with Crippen molar-refractivity contribution in [3.8, 4) is 28.7 Å². The van der Waals surface area contributed by atoms with Crippen LogP contribution in [0, 0.1) is 11.3 Å². The summed E-state index contributed by atoms with van der Waals surface area (Å²) in [5, 5.41) is 18.2. The number of amides is 4. The van der Waals surface area contributed by atoms with Gasteiger partial charge in [-0.1, -0.05) is 153 Å². The number of fused-ring (bicyclic) bond motifs is 4. The van der Waals surface area contributed by atoms with Crippen molar-refractivity contribution in [2.75, 3.05) is 64.9 Å². The van der Waals surface area contributed by atoms with Gasteiger partial charge in [0.05, 0.1) is 65.4 Å². The fraction of sp³-hybridized carbons (Fsp3) is 0.300. The number of nitrogens with one attached hydrogen (secondary N) is 3. The lowest BCUT2D eigenvalue weighted by molar-refractivity contribution is -0.120. The Labute approximate surface area is 618 Å². The number of rotatable bonds is 34. The van der Waals surface area contributed by atoms with Crippen LogP contribution >= 0.6 is 7.82 Å². The lowest BCUT2D eigenvalue weighted by atomic mass is 9.80. The van der Waals surface area contributed by atoms with Crippen LogP contribution in [-0.2, 0) is 65.2 Å². The number of phosphoric acid groups is 1. The molecule has 7 aromatic carbocycles. The molecule has 107 heavy (non-hydrogen) atoms. The van der Waals surface area contributed by atoms with Crippen LogP contribution in [0.5, 0.6) is 11.5 Å². The molecule has 0 bridgehead atoms. The molecule has 1 fully saturated rings. The maximum Gasteiger partial charge on any atom is 0.475 e. The number of nitrogens with zero attached hydrogens (tertiary/aromatic N) is 8. The van der Waals surface area contributed by atoms with Crippen molar-refractivity contribution in [2.24, 2.45) is 0 Å². The highest BCUT2D eigenvalue weighted by molar-refractivity contribution is 7.48. The van der Waals surface area contributed by atoms with Crippen LogP contribution in [0.25, 0.3) is 22.3 Å². The first kappa shape index (κ1) is 75.4. The average Bonchev–Trinajstić information content (AvgIpc) is 0.881. The molecule has 3 aromatic heterocycles. The molecule has 0 radical (unpaired) electrons. The molecule has 12 rings (SSSR count). The van der Waals surface area contributed by atoms with E-state index in [4.69, 9.17) is 42.0 Å². The smallest absolute Gasteiger partial charge is 0.475 e. The quantitative estimate of drug-likeness (QED) is 0.0192. The number of ether oxygens (including phenoxy) is 6. The fourth-order valence-corrected chi connectivity index (χ4v) is 14.5. The standard InChI is InChI=1S/C80H82N11O15P/c1-6-72(90-43-40-69(87-78(90)95)86-70(92)27-17-42-89(3)79(96)100-49-66-64-25-15-13-23-62(64)63-24-14-16-26-65(63)66)104-53(2)48-103-107(97,102-44-18-41-81)106-67-46-73(105-68(67)50-101-80(57-21-11-8-12-22-57,58-32-36-60(98-4)37-33-58)59-34-38-61(99-5)39-35-59)91-52-85-74-75(83-51-84-76(74)91)88-77(94)56-30-28-55(29-31-56)47-82-71(93)45-54-19-9-7-10-20-54/h7-16,19-26,28-40,43,51-53,66-68,72-73H,6,17-18,27,42,44-50H2,1-5H3,(H,82,93)(H,83,84,88,94)(H,86,87,92,95)/t53-,67?,68+,72+,73+,107?/m0/s1. The van der Waals surface area contributed by atoms with E-state index < -0.39 is 74.4 Å². The van der Waals surface area contributed by atoms with Crippen molar-refractivity contribution < 1.29 is 65.7 Å². The highest BCUT2D eigenvalue weighted by Crippen LogP contribution is 2.54. The zero-order valence-corrected chi connectivity index (χ0v) is 60.6. The molecule has 1 aliphatic heterocycles. The topological polar surface area (TPSA) is 310 Å². The molecule has 26 nitrogen and oxygen atoms in total. The van der Waals surface area contributed by atoms with Gasteiger partial charge in [-0.3, -0.25) is 37.1 Å². The lowest BCUT2D eigenvalue weighted by Crippen LogP contribution is -2.38. The molecule has 6 atom stereocenters. The van der Waals surface area contributed by atoms with Crippen molar-refractivity contribution in [1.82, 2.24) is 39.3 Å². The molecule has 1 saturated heterocycles. The van der Waals surface area contributed by atoms with Crippen molar-refractivity contribution in [3.63, 3.8) is 0 Å². The number of hydrogen-bond acceptors (Lipinski definition) is 20. The van der Waals surface area contributed by atoms with E-state index in [9.17, 15) is 29.2 Å². The minimum atomic E-state index is -4.73. The van der Waals surface area contributed by atoms with Crippen LogP contribution in [0.3, 0.4) is 0 Å². The molecule has 4 heterocycles. The molecular weight excluding hydrogens is 1390 g/mol. The van der Waals surface area contributed by atoms with E-state index in [0.717, 1.165) is 38.9 Å². The van der Waals surface area contributed by atoms with E-state index in [0.29, 0.717) is 34.6 Å². The van der Waals surface area contributed by atoms with Crippen LogP contribution in [-0.4, -0.2) is 130 Å². The summed E-state index contributed by atoms with van der Waals surface area (Å²) < 4.78 is 74.6. The predicted octanol–water partition coefficient (Wildman–Crippen LogP) is 12.9. The summed E-state index contributed by atoms with van der Waals surface area (Å²) in [7, 11) is 0.0388. The fourth-order valence-electron chi connectivity index (χ4n) is 13.1. The van der Waals surface area contributed by atoms with Crippen LogP contribution in [0.2, 0.25) is 0 Å². The second-order valence-electron chi connectivity index (χ2n) is 25.6. The summed E-state index contributed by atoms with van der Waals surface area (Å²) in [6.07, 6.45) is -0.746. The van der Waals surface area contributed by atoms with Gasteiger partial charge in [-0.15, -0.1) is 0 Å². The van der Waals surface area contributed by atoms with Gasteiger partial charge in [0.2, 0.25) is 11.8 Å². The van der Waals surface area contributed by atoms with Gasteiger partial charge in [0.15, 0.2) is 17.0 Å². The monoisotopic (exact) mass is 1470 g/mol. The van der Waals surface area contributed by atoms with Gasteiger partial charge >= 0.3 is 19.6 Å². The predicted molar refractivity (Wildman–Crippen MR) is 397 cm³/mol. The Morgan fingerprint density at radius 2 is 1.39 bits per heavy atom. The molecule has 2 unspecified atom stereocenters. The van der Waals surface area contributed by atoms with Crippen LogP contribution < -0.4 is 31.1 Å². The van der Waals surface area contributed by atoms with Gasteiger partial charge in [0, 0.05) is 50.7 Å². The van der Waals surface area contributed by atoms with Crippen molar-refractivity contribution in [1.29, 1.82) is 5.26 Å². The lowest BCUT2D eigenvalue weighted by Gasteiger charge is -2.37. The molecular formula is C80H82N11O15P. The Balaban J connectivity index is 0.732. The number of methoxy groups -OCH3 is 2. The maximum atomic E-state index is 15.4. The third kappa shape index (κ3) is 18.2. The van der Waals surface area contributed by atoms with E-state index in [1.165, 1.54) is 34.4 Å². The van der Waals surface area contributed by atoms with E-state index in [2.05, 4.69) is 60.2 Å². The molecule has 552 valence electrons. The summed E-state index contributed by atoms with van der Waals surface area (Å²) in [4.78, 5) is 85.8. The third-order valence-electron chi connectivity index (χ3n) is 18.5. The minimum Gasteiger partial charge on any atom is -0.497 e. The molecule has 3 N–H and O–H groups in total. The normalized spacial score (nSPS) is 15.8. The molecule has 0 saturated carbocycles. The summed E-state index contributed by atoms with van der Waals surface area (Å²) in [5.74, 6) is 0.185. The zero-order valence-electron chi connectivity index (χ0n) is 59.7. The van der Waals surface area contributed by atoms with Crippen molar-refractivity contribution in [2.45, 2.75) is 101 Å². The second kappa shape index (κ2) is 35.2. The first-order chi connectivity index (χ1) is 52.0. The number of anilines is 2. The minimum absolute atomic E-state index is 0.0104. The van der Waals surface area contributed by atoms with Crippen molar-refractivity contribution >= 4 is 54.4 Å². The number of nitriles is 1. The molecule has 1 aliphatic carbocycles. The summed E-state index contributed by atoms with van der Waals surface area (Å²) in [6, 6.07) is 60.4. The highest BCUT2D eigenvalue weighted by atomic mass is 31.2. The van der Waals surface area contributed by atoms with Gasteiger partial charge in [0.25, 0.3) is 5.91 Å². The Hall–Kier alpha value is -11.3. The van der Waals surface area contributed by atoms with Crippen LogP contribution in [0.15, 0.2) is 212 Å². The molecule has 2 aliphatic rings. The van der Waals surface area contributed by atoms with Crippen LogP contribution in [0.1, 0.15) is 114 Å².